The van der Waals surface area contributed by atoms with Gasteiger partial charge in [-0.1, -0.05) is 12.1 Å². The molecule has 1 aliphatic carbocycles. The van der Waals surface area contributed by atoms with Crippen LogP contribution in [0.25, 0.3) is 0 Å². The molecule has 0 saturated heterocycles. The van der Waals surface area contributed by atoms with Crippen molar-refractivity contribution in [3.8, 4) is 6.07 Å². The number of rotatable bonds is 4. The van der Waals surface area contributed by atoms with Gasteiger partial charge < -0.3 is 5.32 Å². The van der Waals surface area contributed by atoms with Crippen LogP contribution < -0.4 is 5.32 Å². The predicted octanol–water partition coefficient (Wildman–Crippen LogP) is 3.92. The average Bonchev–Trinajstić information content (AvgIpc) is 2.39. The Balaban J connectivity index is 2.00. The summed E-state index contributed by atoms with van der Waals surface area (Å²) < 4.78 is 0. The Morgan fingerprint density at radius 3 is 2.83 bits per heavy atom. The maximum absolute atomic E-state index is 9.01. The van der Waals surface area contributed by atoms with E-state index in [9.17, 15) is 0 Å². The Kier molecular flexibility index (Phi) is 3.91. The Morgan fingerprint density at radius 2 is 2.06 bits per heavy atom. The fraction of sp³-hybridized carbons (Fsp3) is 0.562. The van der Waals surface area contributed by atoms with E-state index >= 15 is 0 Å². The van der Waals surface area contributed by atoms with Crippen LogP contribution in [0, 0.1) is 16.7 Å². The van der Waals surface area contributed by atoms with Gasteiger partial charge in [0.15, 0.2) is 0 Å². The quantitative estimate of drug-likeness (QED) is 0.868. The maximum atomic E-state index is 9.01. The summed E-state index contributed by atoms with van der Waals surface area (Å²) in [7, 11) is 0. The van der Waals surface area contributed by atoms with Gasteiger partial charge >= 0.3 is 0 Å². The summed E-state index contributed by atoms with van der Waals surface area (Å²) >= 11 is 0. The summed E-state index contributed by atoms with van der Waals surface area (Å²) in [4.78, 5) is 0. The van der Waals surface area contributed by atoms with Crippen LogP contribution in [0.1, 0.15) is 44.2 Å². The van der Waals surface area contributed by atoms with E-state index in [1.807, 2.05) is 13.8 Å². The van der Waals surface area contributed by atoms with E-state index in [2.05, 4.69) is 29.6 Å². The second-order valence-electron chi connectivity index (χ2n) is 5.82. The van der Waals surface area contributed by atoms with E-state index < -0.39 is 0 Å². The van der Waals surface area contributed by atoms with Crippen LogP contribution in [0.3, 0.4) is 0 Å². The van der Waals surface area contributed by atoms with Gasteiger partial charge in [-0.25, -0.2) is 0 Å². The van der Waals surface area contributed by atoms with Crippen LogP contribution in [0.15, 0.2) is 18.2 Å². The van der Waals surface area contributed by atoms with Crippen molar-refractivity contribution < 1.29 is 0 Å². The third-order valence-electron chi connectivity index (χ3n) is 3.76. The standard InChI is InChI=1S/C16H22N2/c1-16(2,12-17)10-11-18-15-9-5-7-13-6-3-4-8-14(13)15/h5,7,9,18H,3-4,6,8,10-11H2,1-2H3. The molecule has 0 aliphatic heterocycles. The van der Waals surface area contributed by atoms with Crippen LogP contribution in [-0.2, 0) is 12.8 Å². The Morgan fingerprint density at radius 1 is 1.28 bits per heavy atom. The molecule has 1 aromatic rings. The molecule has 96 valence electrons. The molecule has 0 radical (unpaired) electrons. The number of benzene rings is 1. The van der Waals surface area contributed by atoms with Crippen molar-refractivity contribution in [1.29, 1.82) is 5.26 Å². The topological polar surface area (TPSA) is 35.8 Å². The third-order valence-corrected chi connectivity index (χ3v) is 3.76. The number of nitriles is 1. The highest BCUT2D eigenvalue weighted by atomic mass is 14.9. The molecule has 0 bridgehead atoms. The summed E-state index contributed by atoms with van der Waals surface area (Å²) in [5, 5.41) is 12.5. The highest BCUT2D eigenvalue weighted by molar-refractivity contribution is 5.55. The number of hydrogen-bond acceptors (Lipinski definition) is 2. The summed E-state index contributed by atoms with van der Waals surface area (Å²) in [6.07, 6.45) is 5.91. The molecule has 0 amide bonds. The van der Waals surface area contributed by atoms with E-state index in [1.165, 1.54) is 42.5 Å². The van der Waals surface area contributed by atoms with Crippen LogP contribution >= 0.6 is 0 Å². The van der Waals surface area contributed by atoms with Gasteiger partial charge in [0, 0.05) is 12.2 Å². The van der Waals surface area contributed by atoms with Gasteiger partial charge in [-0.05, 0) is 63.1 Å². The van der Waals surface area contributed by atoms with Crippen molar-refractivity contribution in [2.45, 2.75) is 46.0 Å². The molecule has 0 aromatic heterocycles. The molecule has 0 fully saturated rings. The highest BCUT2D eigenvalue weighted by Gasteiger charge is 2.17. The largest absolute Gasteiger partial charge is 0.385 e. The zero-order valence-corrected chi connectivity index (χ0v) is 11.4. The molecule has 2 heteroatoms. The van der Waals surface area contributed by atoms with Gasteiger partial charge in [0.2, 0.25) is 0 Å². The van der Waals surface area contributed by atoms with Crippen LogP contribution in [0.5, 0.6) is 0 Å². The van der Waals surface area contributed by atoms with Gasteiger partial charge in [0.25, 0.3) is 0 Å². The van der Waals surface area contributed by atoms with Crippen molar-refractivity contribution in [1.82, 2.24) is 0 Å². The molecular weight excluding hydrogens is 220 g/mol. The van der Waals surface area contributed by atoms with Crippen molar-refractivity contribution in [2.24, 2.45) is 5.41 Å². The van der Waals surface area contributed by atoms with Crippen molar-refractivity contribution in [3.05, 3.63) is 29.3 Å². The second-order valence-corrected chi connectivity index (χ2v) is 5.82. The molecule has 0 saturated carbocycles. The Bertz CT molecular complexity index is 455. The predicted molar refractivity (Wildman–Crippen MR) is 75.6 cm³/mol. The van der Waals surface area contributed by atoms with E-state index in [4.69, 9.17) is 5.26 Å². The van der Waals surface area contributed by atoms with Gasteiger partial charge in [0.1, 0.15) is 0 Å². The number of nitrogens with zero attached hydrogens (tertiary/aromatic N) is 1. The zero-order chi connectivity index (χ0) is 13.0. The lowest BCUT2D eigenvalue weighted by molar-refractivity contribution is 0.466. The van der Waals surface area contributed by atoms with Crippen LogP contribution in [0.4, 0.5) is 5.69 Å². The first kappa shape index (κ1) is 13.0. The molecular formula is C16H22N2. The number of aryl methyl sites for hydroxylation is 1. The lowest BCUT2D eigenvalue weighted by Gasteiger charge is -2.21. The summed E-state index contributed by atoms with van der Waals surface area (Å²) in [5.74, 6) is 0. The molecule has 1 aromatic carbocycles. The zero-order valence-electron chi connectivity index (χ0n) is 11.4. The van der Waals surface area contributed by atoms with E-state index in [-0.39, 0.29) is 5.41 Å². The minimum atomic E-state index is -0.234. The fourth-order valence-corrected chi connectivity index (χ4v) is 2.51. The number of anilines is 1. The average molecular weight is 242 g/mol. The molecule has 0 spiro atoms. The van der Waals surface area contributed by atoms with Gasteiger partial charge in [-0.15, -0.1) is 0 Å². The minimum Gasteiger partial charge on any atom is -0.385 e. The molecule has 1 N–H and O–H groups in total. The Hall–Kier alpha value is -1.49. The van der Waals surface area contributed by atoms with E-state index in [0.717, 1.165) is 13.0 Å². The van der Waals surface area contributed by atoms with Gasteiger partial charge in [-0.3, -0.25) is 0 Å². The van der Waals surface area contributed by atoms with Crippen LogP contribution in [-0.4, -0.2) is 6.54 Å². The van der Waals surface area contributed by atoms with Crippen molar-refractivity contribution >= 4 is 5.69 Å². The van der Waals surface area contributed by atoms with E-state index in [0.29, 0.717) is 0 Å². The maximum Gasteiger partial charge on any atom is 0.0684 e. The highest BCUT2D eigenvalue weighted by Crippen LogP contribution is 2.28. The minimum absolute atomic E-state index is 0.234. The normalized spacial score (nSPS) is 14.7. The Labute approximate surface area is 110 Å². The lowest BCUT2D eigenvalue weighted by Crippen LogP contribution is -2.16. The van der Waals surface area contributed by atoms with Gasteiger partial charge in [-0.2, -0.15) is 5.26 Å². The first-order valence-corrected chi connectivity index (χ1v) is 6.88. The smallest absolute Gasteiger partial charge is 0.0684 e. The summed E-state index contributed by atoms with van der Waals surface area (Å²) in [6, 6.07) is 8.91. The summed E-state index contributed by atoms with van der Waals surface area (Å²) in [5.41, 5.74) is 4.05. The molecule has 1 aliphatic rings. The van der Waals surface area contributed by atoms with Gasteiger partial charge in [0.05, 0.1) is 11.5 Å². The molecule has 2 rings (SSSR count). The lowest BCUT2D eigenvalue weighted by atomic mass is 9.89. The molecule has 0 heterocycles. The third kappa shape index (κ3) is 3.04. The first-order valence-electron chi connectivity index (χ1n) is 6.88. The SMILES string of the molecule is CC(C)(C#N)CCNc1cccc2c1CCCC2. The molecule has 2 nitrogen and oxygen atoms in total. The number of fused-ring (bicyclic) bond motifs is 1. The monoisotopic (exact) mass is 242 g/mol. The van der Waals surface area contributed by atoms with Crippen LogP contribution in [0.2, 0.25) is 0 Å². The number of nitrogens with one attached hydrogen (secondary N) is 1. The second kappa shape index (κ2) is 5.44. The molecule has 18 heavy (non-hydrogen) atoms. The van der Waals surface area contributed by atoms with E-state index in [1.54, 1.807) is 0 Å². The summed E-state index contributed by atoms with van der Waals surface area (Å²) in [6.45, 7) is 4.86. The van der Waals surface area contributed by atoms with Crippen molar-refractivity contribution in [3.63, 3.8) is 0 Å². The van der Waals surface area contributed by atoms with Crippen molar-refractivity contribution in [2.75, 3.05) is 11.9 Å². The molecule has 0 unspecified atom stereocenters. The number of hydrogen-bond donors (Lipinski definition) is 1. The fourth-order valence-electron chi connectivity index (χ4n) is 2.51. The first-order chi connectivity index (χ1) is 8.62. The molecule has 0 atom stereocenters.